The molecule has 5 nitrogen and oxygen atoms in total. The zero-order valence-electron chi connectivity index (χ0n) is 11.3. The van der Waals surface area contributed by atoms with E-state index >= 15 is 0 Å². The lowest BCUT2D eigenvalue weighted by molar-refractivity contribution is 0.0921. The first-order valence-electron chi connectivity index (χ1n) is 6.69. The molecule has 1 fully saturated rings. The van der Waals surface area contributed by atoms with Crippen molar-refractivity contribution in [2.75, 3.05) is 45.1 Å². The Kier molecular flexibility index (Phi) is 4.76. The molecule has 1 aliphatic rings. The van der Waals surface area contributed by atoms with Gasteiger partial charge in [0.2, 0.25) is 0 Å². The number of nitrogens with zero attached hydrogens (tertiary/aromatic N) is 1. The molecule has 0 bridgehead atoms. The largest absolute Gasteiger partial charge is 0.492 e. The number of anilines is 1. The molecule has 1 aromatic rings. The SMILES string of the molecule is CCOc1ccc(C(=O)CN2CCNCC2)cc1N. The first-order chi connectivity index (χ1) is 9.20. The number of nitrogens with two attached hydrogens (primary N) is 1. The third-order valence-corrected chi connectivity index (χ3v) is 3.21. The van der Waals surface area contributed by atoms with E-state index in [-0.39, 0.29) is 5.78 Å². The molecule has 19 heavy (non-hydrogen) atoms. The van der Waals surface area contributed by atoms with Gasteiger partial charge in [0.25, 0.3) is 0 Å². The molecular weight excluding hydrogens is 242 g/mol. The quantitative estimate of drug-likeness (QED) is 0.606. The van der Waals surface area contributed by atoms with Crippen LogP contribution in [-0.4, -0.2) is 50.0 Å². The smallest absolute Gasteiger partial charge is 0.176 e. The van der Waals surface area contributed by atoms with Gasteiger partial charge in [0.15, 0.2) is 5.78 Å². The van der Waals surface area contributed by atoms with E-state index in [0.29, 0.717) is 30.2 Å². The van der Waals surface area contributed by atoms with Crippen molar-refractivity contribution < 1.29 is 9.53 Å². The highest BCUT2D eigenvalue weighted by Crippen LogP contribution is 2.22. The van der Waals surface area contributed by atoms with Gasteiger partial charge >= 0.3 is 0 Å². The van der Waals surface area contributed by atoms with Crippen LogP contribution >= 0.6 is 0 Å². The Balaban J connectivity index is 2.00. The molecule has 0 amide bonds. The highest BCUT2D eigenvalue weighted by molar-refractivity contribution is 5.98. The Hall–Kier alpha value is -1.59. The number of benzene rings is 1. The zero-order valence-corrected chi connectivity index (χ0v) is 11.3. The number of carbonyl (C=O) groups is 1. The van der Waals surface area contributed by atoms with Crippen molar-refractivity contribution in [3.05, 3.63) is 23.8 Å². The Bertz CT molecular complexity index is 442. The molecule has 1 heterocycles. The van der Waals surface area contributed by atoms with Gasteiger partial charge < -0.3 is 15.8 Å². The number of piperazine rings is 1. The first-order valence-corrected chi connectivity index (χ1v) is 6.69. The summed E-state index contributed by atoms with van der Waals surface area (Å²) < 4.78 is 5.37. The maximum absolute atomic E-state index is 12.2. The van der Waals surface area contributed by atoms with Crippen molar-refractivity contribution in [3.8, 4) is 5.75 Å². The Morgan fingerprint density at radius 2 is 2.16 bits per heavy atom. The average molecular weight is 263 g/mol. The molecule has 0 unspecified atom stereocenters. The molecule has 0 spiro atoms. The van der Waals surface area contributed by atoms with Gasteiger partial charge in [0.05, 0.1) is 18.8 Å². The second-order valence-electron chi connectivity index (χ2n) is 4.63. The fraction of sp³-hybridized carbons (Fsp3) is 0.500. The van der Waals surface area contributed by atoms with Crippen LogP contribution < -0.4 is 15.8 Å². The molecule has 1 aliphatic heterocycles. The molecule has 0 saturated carbocycles. The summed E-state index contributed by atoms with van der Waals surface area (Å²) in [5.41, 5.74) is 7.05. The summed E-state index contributed by atoms with van der Waals surface area (Å²) in [7, 11) is 0. The van der Waals surface area contributed by atoms with Crippen molar-refractivity contribution in [3.63, 3.8) is 0 Å². The van der Waals surface area contributed by atoms with E-state index < -0.39 is 0 Å². The van der Waals surface area contributed by atoms with Crippen LogP contribution in [0.5, 0.6) is 5.75 Å². The molecule has 1 saturated heterocycles. The molecule has 0 aliphatic carbocycles. The van der Waals surface area contributed by atoms with Crippen molar-refractivity contribution in [2.24, 2.45) is 0 Å². The van der Waals surface area contributed by atoms with E-state index in [1.807, 2.05) is 6.92 Å². The molecule has 0 atom stereocenters. The predicted octanol–water partition coefficient (Wildman–Crippen LogP) is 0.755. The average Bonchev–Trinajstić information content (AvgIpc) is 2.42. The van der Waals surface area contributed by atoms with Crippen molar-refractivity contribution >= 4 is 11.5 Å². The van der Waals surface area contributed by atoms with Gasteiger partial charge in [-0.1, -0.05) is 0 Å². The molecule has 3 N–H and O–H groups in total. The maximum Gasteiger partial charge on any atom is 0.176 e. The summed E-state index contributed by atoms with van der Waals surface area (Å²) in [5.74, 6) is 0.748. The lowest BCUT2D eigenvalue weighted by atomic mass is 10.1. The second kappa shape index (κ2) is 6.54. The van der Waals surface area contributed by atoms with E-state index in [4.69, 9.17) is 10.5 Å². The van der Waals surface area contributed by atoms with Gasteiger partial charge in [0, 0.05) is 31.7 Å². The standard InChI is InChI=1S/C14H21N3O2/c1-2-19-14-4-3-11(9-12(14)15)13(18)10-17-7-5-16-6-8-17/h3-4,9,16H,2,5-8,10,15H2,1H3. The van der Waals surface area contributed by atoms with Crippen LogP contribution in [-0.2, 0) is 0 Å². The summed E-state index contributed by atoms with van der Waals surface area (Å²) >= 11 is 0. The highest BCUT2D eigenvalue weighted by Gasteiger charge is 2.15. The lowest BCUT2D eigenvalue weighted by Gasteiger charge is -2.26. The fourth-order valence-electron chi connectivity index (χ4n) is 2.17. The van der Waals surface area contributed by atoms with Gasteiger partial charge in [-0.3, -0.25) is 9.69 Å². The van der Waals surface area contributed by atoms with Crippen LogP contribution in [0.3, 0.4) is 0 Å². The van der Waals surface area contributed by atoms with Crippen LogP contribution in [0.1, 0.15) is 17.3 Å². The molecule has 0 radical (unpaired) electrons. The van der Waals surface area contributed by atoms with Crippen LogP contribution in [0.15, 0.2) is 18.2 Å². The van der Waals surface area contributed by atoms with E-state index in [1.54, 1.807) is 18.2 Å². The molecule has 1 aromatic carbocycles. The molecule has 2 rings (SSSR count). The zero-order chi connectivity index (χ0) is 13.7. The van der Waals surface area contributed by atoms with Gasteiger partial charge in [-0.25, -0.2) is 0 Å². The summed E-state index contributed by atoms with van der Waals surface area (Å²) in [6, 6.07) is 5.26. The number of rotatable bonds is 5. The molecular formula is C14H21N3O2. The highest BCUT2D eigenvalue weighted by atomic mass is 16.5. The normalized spacial score (nSPS) is 16.3. The summed E-state index contributed by atoms with van der Waals surface area (Å²) in [6.07, 6.45) is 0. The third kappa shape index (κ3) is 3.68. The lowest BCUT2D eigenvalue weighted by Crippen LogP contribution is -2.45. The van der Waals surface area contributed by atoms with Gasteiger partial charge in [-0.05, 0) is 25.1 Å². The number of carbonyl (C=O) groups excluding carboxylic acids is 1. The van der Waals surface area contributed by atoms with Gasteiger partial charge in [-0.15, -0.1) is 0 Å². The van der Waals surface area contributed by atoms with E-state index in [2.05, 4.69) is 10.2 Å². The Morgan fingerprint density at radius 1 is 1.42 bits per heavy atom. The van der Waals surface area contributed by atoms with E-state index in [1.165, 1.54) is 0 Å². The minimum atomic E-state index is 0.108. The Labute approximate surface area is 113 Å². The van der Waals surface area contributed by atoms with E-state index in [0.717, 1.165) is 26.2 Å². The molecule has 104 valence electrons. The monoisotopic (exact) mass is 263 g/mol. The first kappa shape index (κ1) is 13.8. The summed E-state index contributed by atoms with van der Waals surface area (Å²) in [5, 5.41) is 3.27. The van der Waals surface area contributed by atoms with Crippen LogP contribution in [0.4, 0.5) is 5.69 Å². The van der Waals surface area contributed by atoms with Crippen molar-refractivity contribution in [2.45, 2.75) is 6.92 Å². The molecule has 5 heteroatoms. The number of hydrogen-bond acceptors (Lipinski definition) is 5. The molecule has 0 aromatic heterocycles. The van der Waals surface area contributed by atoms with Crippen LogP contribution in [0, 0.1) is 0 Å². The number of nitrogens with one attached hydrogen (secondary N) is 1. The van der Waals surface area contributed by atoms with Gasteiger partial charge in [0.1, 0.15) is 5.75 Å². The second-order valence-corrected chi connectivity index (χ2v) is 4.63. The van der Waals surface area contributed by atoms with Crippen molar-refractivity contribution in [1.82, 2.24) is 10.2 Å². The minimum Gasteiger partial charge on any atom is -0.492 e. The number of nitrogen functional groups attached to an aromatic ring is 1. The fourth-order valence-corrected chi connectivity index (χ4v) is 2.17. The summed E-state index contributed by atoms with van der Waals surface area (Å²) in [6.45, 7) is 6.64. The number of ether oxygens (including phenoxy) is 1. The topological polar surface area (TPSA) is 67.6 Å². The van der Waals surface area contributed by atoms with Crippen LogP contribution in [0.25, 0.3) is 0 Å². The van der Waals surface area contributed by atoms with Crippen LogP contribution in [0.2, 0.25) is 0 Å². The minimum absolute atomic E-state index is 0.108. The third-order valence-electron chi connectivity index (χ3n) is 3.21. The maximum atomic E-state index is 12.2. The number of hydrogen-bond donors (Lipinski definition) is 2. The number of Topliss-reactive ketones (excluding diaryl/α,β-unsaturated/α-hetero) is 1. The van der Waals surface area contributed by atoms with Crippen molar-refractivity contribution in [1.29, 1.82) is 0 Å². The van der Waals surface area contributed by atoms with Gasteiger partial charge in [-0.2, -0.15) is 0 Å². The summed E-state index contributed by atoms with van der Waals surface area (Å²) in [4.78, 5) is 14.3. The number of ketones is 1. The predicted molar refractivity (Wildman–Crippen MR) is 75.7 cm³/mol. The van der Waals surface area contributed by atoms with E-state index in [9.17, 15) is 4.79 Å². The Morgan fingerprint density at radius 3 is 2.79 bits per heavy atom.